The summed E-state index contributed by atoms with van der Waals surface area (Å²) in [6, 6.07) is 29.2. The van der Waals surface area contributed by atoms with Crippen molar-refractivity contribution in [2.75, 3.05) is 13.2 Å². The van der Waals surface area contributed by atoms with Crippen LogP contribution >= 0.6 is 7.81 Å². The Bertz CT molecular complexity index is 1320. The van der Waals surface area contributed by atoms with Crippen molar-refractivity contribution in [3.63, 3.8) is 0 Å². The van der Waals surface area contributed by atoms with Crippen molar-refractivity contribution in [1.82, 2.24) is 15.0 Å². The maximum absolute atomic E-state index is 10.7. The molecule has 4 heterocycles. The molecule has 5 rings (SSSR count). The molecule has 0 amide bonds. The number of ether oxygens (including phenoxy) is 1. The third-order valence-electron chi connectivity index (χ3n) is 4.21. The van der Waals surface area contributed by atoms with E-state index < -0.39 is 7.81 Å². The van der Waals surface area contributed by atoms with Crippen LogP contribution in [0.3, 0.4) is 0 Å². The average molecular weight is 757 g/mol. The number of hydrogen-bond donors (Lipinski definition) is 0. The molecule has 0 aliphatic carbocycles. The summed E-state index contributed by atoms with van der Waals surface area (Å²) in [7, 11) is -10.7. The first-order valence-electron chi connectivity index (χ1n) is 11.2. The predicted octanol–water partition coefficient (Wildman–Crippen LogP) is 8.58. The van der Waals surface area contributed by atoms with Crippen LogP contribution in [-0.2, 0) is 24.5 Å². The molecule has 0 saturated carbocycles. The van der Waals surface area contributed by atoms with E-state index in [-0.39, 0.29) is 19.8 Å². The van der Waals surface area contributed by atoms with Crippen LogP contribution in [0.1, 0.15) is 12.5 Å². The minimum atomic E-state index is -10.7. The molecular formula is C26H23F6N5OOsP-. The molecule has 0 bridgehead atoms. The molecule has 3 aromatic heterocycles. The minimum Gasteiger partial charge on any atom is -0.476 e. The first kappa shape index (κ1) is 34.3. The molecule has 1 aliphatic heterocycles. The number of nitriles is 1. The second-order valence-electron chi connectivity index (χ2n) is 7.42. The number of halogens is 6. The van der Waals surface area contributed by atoms with Crippen molar-refractivity contribution in [1.29, 1.82) is 5.26 Å². The number of benzene rings is 1. The van der Waals surface area contributed by atoms with E-state index in [9.17, 15) is 25.2 Å². The van der Waals surface area contributed by atoms with Gasteiger partial charge in [-0.05, 0) is 48.5 Å². The fraction of sp³-hybridized carbons (Fsp3) is 0.115. The quantitative estimate of drug-likeness (QED) is 0.155. The zero-order valence-electron chi connectivity index (χ0n) is 20.9. The van der Waals surface area contributed by atoms with Crippen LogP contribution in [0.15, 0.2) is 102 Å². The molecule has 40 heavy (non-hydrogen) atoms. The maximum Gasteiger partial charge on any atom is 0.216 e. The van der Waals surface area contributed by atoms with E-state index in [0.717, 1.165) is 47.4 Å². The van der Waals surface area contributed by atoms with Crippen LogP contribution in [0.4, 0.5) is 25.2 Å². The van der Waals surface area contributed by atoms with Gasteiger partial charge < -0.3 is 4.74 Å². The molecular weight excluding hydrogens is 734 g/mol. The van der Waals surface area contributed by atoms with Crippen molar-refractivity contribution in [2.24, 2.45) is 4.99 Å². The van der Waals surface area contributed by atoms with Crippen molar-refractivity contribution in [3.05, 3.63) is 103 Å². The van der Waals surface area contributed by atoms with Crippen molar-refractivity contribution < 1.29 is 49.7 Å². The van der Waals surface area contributed by atoms with Crippen LogP contribution in [-0.4, -0.2) is 34.0 Å². The number of aromatic nitrogens is 3. The summed E-state index contributed by atoms with van der Waals surface area (Å²) < 4.78 is 64.5. The number of rotatable bonds is 3. The van der Waals surface area contributed by atoms with Gasteiger partial charge in [0.05, 0.1) is 35.4 Å². The third-order valence-corrected chi connectivity index (χ3v) is 4.21. The van der Waals surface area contributed by atoms with Gasteiger partial charge in [0.1, 0.15) is 6.61 Å². The number of hydrogen-bond acceptors (Lipinski definition) is 6. The van der Waals surface area contributed by atoms with Gasteiger partial charge in [0, 0.05) is 44.7 Å². The van der Waals surface area contributed by atoms with E-state index in [2.05, 4.69) is 19.9 Å². The summed E-state index contributed by atoms with van der Waals surface area (Å²) >= 11 is 0. The summed E-state index contributed by atoms with van der Waals surface area (Å²) in [6.45, 7) is 2.95. The average Bonchev–Trinajstić information content (AvgIpc) is 3.45. The zero-order valence-corrected chi connectivity index (χ0v) is 24.3. The Morgan fingerprint density at radius 1 is 0.700 bits per heavy atom. The first-order chi connectivity index (χ1) is 18.3. The Kier molecular flexibility index (Phi) is 12.5. The van der Waals surface area contributed by atoms with Gasteiger partial charge >= 0.3 is 33.0 Å². The van der Waals surface area contributed by atoms with Gasteiger partial charge in [0.15, 0.2) is 0 Å². The number of nitrogens with zero attached hydrogens (tertiary/aromatic N) is 5. The summed E-state index contributed by atoms with van der Waals surface area (Å²) in [5, 5.41) is 7.32. The summed E-state index contributed by atoms with van der Waals surface area (Å²) in [5.74, 6) is 0.783. The van der Waals surface area contributed by atoms with Crippen LogP contribution in [0, 0.1) is 11.3 Å². The summed E-state index contributed by atoms with van der Waals surface area (Å²) in [5.41, 5.74) is 4.54. The Balaban J connectivity index is 0.000000312. The SMILES string of the molecule is CC#N.F[P-](F)(F)(F)(F)F.[Os].c1ccc(-c2cccc(-c3ccccn3)n2)nc1.c1ccc(C2=NCCO2)cc1. The van der Waals surface area contributed by atoms with E-state index in [1.807, 2.05) is 84.9 Å². The fourth-order valence-corrected chi connectivity index (χ4v) is 2.84. The summed E-state index contributed by atoms with van der Waals surface area (Å²) in [6.07, 6.45) is 3.54. The van der Waals surface area contributed by atoms with Crippen molar-refractivity contribution in [3.8, 4) is 28.8 Å². The van der Waals surface area contributed by atoms with Gasteiger partial charge in [-0.25, -0.2) is 9.98 Å². The fourth-order valence-electron chi connectivity index (χ4n) is 2.84. The Labute approximate surface area is 240 Å². The number of pyridine rings is 3. The monoisotopic (exact) mass is 758 g/mol. The van der Waals surface area contributed by atoms with Crippen molar-refractivity contribution >= 4 is 13.7 Å². The Hall–Kier alpha value is -3.72. The summed E-state index contributed by atoms with van der Waals surface area (Å²) in [4.78, 5) is 17.4. The topological polar surface area (TPSA) is 84.0 Å². The standard InChI is InChI=1S/C15H11N3.C9H9NO.C2H3N.F6P.Os/c1-3-10-16-12(6-1)14-8-5-9-15(18-14)13-7-2-4-11-17-13;1-2-4-8(5-3-1)9-10-6-7-11-9;1-2-3;1-7(2,3,4,5)6;/h1-11H;1-5H,6-7H2;1H3;;/q;;;-1;. The molecule has 4 aromatic rings. The number of aliphatic imine (C=N–C) groups is 1. The molecule has 0 fully saturated rings. The third kappa shape index (κ3) is 15.6. The van der Waals surface area contributed by atoms with Gasteiger partial charge in [-0.2, -0.15) is 5.26 Å². The molecule has 0 unspecified atom stereocenters. The van der Waals surface area contributed by atoms with Crippen LogP contribution in [0.2, 0.25) is 0 Å². The molecule has 1 aliphatic rings. The second kappa shape index (κ2) is 14.6. The molecule has 6 nitrogen and oxygen atoms in total. The molecule has 1 aromatic carbocycles. The Morgan fingerprint density at radius 3 is 1.50 bits per heavy atom. The van der Waals surface area contributed by atoms with E-state index in [0.29, 0.717) is 0 Å². The molecule has 0 radical (unpaired) electrons. The molecule has 214 valence electrons. The van der Waals surface area contributed by atoms with E-state index >= 15 is 0 Å². The predicted molar refractivity (Wildman–Crippen MR) is 139 cm³/mol. The van der Waals surface area contributed by atoms with Gasteiger partial charge in [0.25, 0.3) is 0 Å². The van der Waals surface area contributed by atoms with E-state index in [1.165, 1.54) is 6.92 Å². The molecule has 0 spiro atoms. The molecule has 14 heteroatoms. The first-order valence-corrected chi connectivity index (χ1v) is 13.2. The van der Waals surface area contributed by atoms with Crippen LogP contribution < -0.4 is 0 Å². The van der Waals surface area contributed by atoms with Gasteiger partial charge in [-0.3, -0.25) is 9.97 Å². The van der Waals surface area contributed by atoms with Crippen molar-refractivity contribution in [2.45, 2.75) is 6.92 Å². The molecule has 0 N–H and O–H groups in total. The second-order valence-corrected chi connectivity index (χ2v) is 9.34. The minimum absolute atomic E-state index is 0. The zero-order chi connectivity index (χ0) is 28.8. The maximum atomic E-state index is 9.87. The normalized spacial score (nSPS) is 13.2. The Morgan fingerprint density at radius 2 is 1.12 bits per heavy atom. The van der Waals surface area contributed by atoms with E-state index in [1.54, 1.807) is 18.5 Å². The van der Waals surface area contributed by atoms with Crippen LogP contribution in [0.25, 0.3) is 22.8 Å². The van der Waals surface area contributed by atoms with E-state index in [4.69, 9.17) is 10.00 Å². The van der Waals surface area contributed by atoms with Gasteiger partial charge in [-0.1, -0.05) is 36.4 Å². The molecule has 0 atom stereocenters. The largest absolute Gasteiger partial charge is 0.476 e. The van der Waals surface area contributed by atoms with Gasteiger partial charge in [0.2, 0.25) is 5.90 Å². The van der Waals surface area contributed by atoms with Crippen LogP contribution in [0.5, 0.6) is 0 Å². The molecule has 0 saturated heterocycles. The smallest absolute Gasteiger partial charge is 0.216 e. The van der Waals surface area contributed by atoms with Gasteiger partial charge in [-0.15, -0.1) is 0 Å².